The van der Waals surface area contributed by atoms with Crippen LogP contribution in [0.3, 0.4) is 0 Å². The third-order valence-corrected chi connectivity index (χ3v) is 42.7. The van der Waals surface area contributed by atoms with Crippen molar-refractivity contribution in [3.63, 3.8) is 0 Å². The van der Waals surface area contributed by atoms with Crippen LogP contribution in [0.25, 0.3) is 0 Å². The number of hydrogen-bond acceptors (Lipinski definition) is 0. The van der Waals surface area contributed by atoms with Gasteiger partial charge in [0.05, 0.1) is 0 Å². The number of rotatable bonds is 8. The summed E-state index contributed by atoms with van der Waals surface area (Å²) in [5, 5.41) is 0. The Bertz CT molecular complexity index is 346. The van der Waals surface area contributed by atoms with Gasteiger partial charge in [-0.15, -0.1) is 0 Å². The fourth-order valence-electron chi connectivity index (χ4n) is 1.20. The van der Waals surface area contributed by atoms with Crippen LogP contribution in [0.1, 0.15) is 26.2 Å². The van der Waals surface area contributed by atoms with E-state index in [4.69, 9.17) is 0 Å². The monoisotopic (exact) mass is 478 g/mol. The fraction of sp³-hybridized carbons (Fsp3) is 0.500. The standard InChI is InChI=1S/C8H13.3F3HP.Ru/c1-3-5-7-8-6-4-2;3*1-4(2)3;/h1,3,6,8H,4-5,7H2,2H3;3*4H;/q;3*+1;-3. The van der Waals surface area contributed by atoms with Crippen LogP contribution in [0.4, 0.5) is 37.8 Å². The van der Waals surface area contributed by atoms with Crippen molar-refractivity contribution in [2.24, 2.45) is 0 Å². The second-order valence-electron chi connectivity index (χ2n) is 3.63. The Hall–Kier alpha value is 0.763. The molecule has 0 spiro atoms. The van der Waals surface area contributed by atoms with Gasteiger partial charge in [0.2, 0.25) is 0 Å². The summed E-state index contributed by atoms with van der Waals surface area (Å²) in [6.45, 7) is -21.8. The molecule has 0 heterocycles. The number of unbranched alkanes of at least 4 members (excludes halogenated alkanes) is 1. The molecule has 0 aromatic heterocycles. The molecule has 0 aliphatic heterocycles. The van der Waals surface area contributed by atoms with Gasteiger partial charge in [-0.3, -0.25) is 0 Å². The second-order valence-corrected chi connectivity index (χ2v) is 34.5. The van der Waals surface area contributed by atoms with E-state index in [1.807, 2.05) is 0 Å². The van der Waals surface area contributed by atoms with Crippen LogP contribution >= 0.6 is 19.6 Å². The van der Waals surface area contributed by atoms with E-state index in [2.05, 4.69) is 0 Å². The molecule has 0 aliphatic carbocycles. The Morgan fingerprint density at radius 1 is 0.667 bits per heavy atom. The van der Waals surface area contributed by atoms with Crippen molar-refractivity contribution in [1.82, 2.24) is 0 Å². The number of halogens is 9. The van der Waals surface area contributed by atoms with Crippen LogP contribution in [0.15, 0.2) is 22.9 Å². The molecule has 0 amide bonds. The molecular weight excluding hydrogens is 461 g/mol. The summed E-state index contributed by atoms with van der Waals surface area (Å²) in [6.07, 6.45) is 4.09. The first-order valence-electron chi connectivity index (χ1n) is 5.53. The van der Waals surface area contributed by atoms with E-state index in [0.717, 1.165) is 0 Å². The Morgan fingerprint density at radius 3 is 1.38 bits per heavy atom. The third kappa shape index (κ3) is 5.41. The van der Waals surface area contributed by atoms with Gasteiger partial charge in [0.25, 0.3) is 0 Å². The van der Waals surface area contributed by atoms with Gasteiger partial charge in [0.15, 0.2) is 0 Å². The van der Waals surface area contributed by atoms with Gasteiger partial charge in [-0.25, -0.2) is 0 Å². The van der Waals surface area contributed by atoms with Crippen molar-refractivity contribution in [2.45, 2.75) is 26.2 Å². The van der Waals surface area contributed by atoms with E-state index in [0.29, 0.717) is 12.5 Å². The molecule has 13 heteroatoms. The summed E-state index contributed by atoms with van der Waals surface area (Å²) in [6, 6.07) is 0. The Labute approximate surface area is 120 Å². The molecule has 0 aliphatic rings. The topological polar surface area (TPSA) is 0 Å². The van der Waals surface area contributed by atoms with E-state index in [9.17, 15) is 37.8 Å². The Morgan fingerprint density at radius 2 is 1.05 bits per heavy atom. The van der Waals surface area contributed by atoms with Gasteiger partial charge in [-0.05, 0) is 0 Å². The molecule has 0 bridgehead atoms. The zero-order valence-electron chi connectivity index (χ0n) is 10.7. The quantitative estimate of drug-likeness (QED) is 0.108. The molecule has 0 radical (unpaired) electrons. The van der Waals surface area contributed by atoms with Gasteiger partial charge in [0.1, 0.15) is 0 Å². The minimum atomic E-state index is -7.84. The minimum absolute atomic E-state index is 0.123. The SMILES string of the molecule is CCC=CCCC=[CH][Ru]([PH](F)(F)F)([PH](F)(F)F)[PH](F)(F)F. The van der Waals surface area contributed by atoms with Crippen LogP contribution in [-0.4, -0.2) is 0 Å². The van der Waals surface area contributed by atoms with E-state index < -0.39 is 37.6 Å². The van der Waals surface area contributed by atoms with Gasteiger partial charge in [-0.1, -0.05) is 0 Å². The summed E-state index contributed by atoms with van der Waals surface area (Å²) in [7, 11) is 0. The normalized spacial score (nSPS) is 21.4. The summed E-state index contributed by atoms with van der Waals surface area (Å²) in [5.74, 6) is 0. The van der Waals surface area contributed by atoms with Gasteiger partial charge < -0.3 is 0 Å². The van der Waals surface area contributed by atoms with Crippen LogP contribution in [-0.2, 0) is 13.3 Å². The van der Waals surface area contributed by atoms with Gasteiger partial charge in [0, 0.05) is 0 Å². The molecule has 0 saturated heterocycles. The Kier molecular flexibility index (Phi) is 8.33. The zero-order valence-corrected chi connectivity index (χ0v) is 15.4. The molecular formula is C8H16F9P3Ru. The number of allylic oxidation sites excluding steroid dienone is 3. The second kappa shape index (κ2) is 8.04. The summed E-state index contributed by atoms with van der Waals surface area (Å²) in [4.78, 5) is 0. The molecule has 0 atom stereocenters. The maximum atomic E-state index is 12.8. The first kappa shape index (κ1) is 21.8. The molecule has 0 aromatic rings. The molecule has 21 heavy (non-hydrogen) atoms. The van der Waals surface area contributed by atoms with Crippen molar-refractivity contribution in [1.29, 1.82) is 0 Å². The molecule has 0 nitrogen and oxygen atoms in total. The molecule has 0 saturated carbocycles. The summed E-state index contributed by atoms with van der Waals surface area (Å²) < 4.78 is 114. The molecule has 0 unspecified atom stereocenters. The molecule has 0 rings (SSSR count). The Balaban J connectivity index is 5.53. The molecule has 134 valence electrons. The van der Waals surface area contributed by atoms with Crippen molar-refractivity contribution in [3.05, 3.63) is 22.9 Å². The van der Waals surface area contributed by atoms with E-state index in [1.54, 1.807) is 13.0 Å². The summed E-state index contributed by atoms with van der Waals surface area (Å²) in [5.41, 5.74) is 0. The molecule has 0 fully saturated rings. The maximum absolute atomic E-state index is 12.8. The predicted octanol–water partition coefficient (Wildman–Crippen LogP) is 8.36. The van der Waals surface area contributed by atoms with Crippen molar-refractivity contribution in [2.75, 3.05) is 0 Å². The van der Waals surface area contributed by atoms with Gasteiger partial charge >= 0.3 is 120 Å². The third-order valence-electron chi connectivity index (χ3n) is 2.11. The zero-order chi connectivity index (χ0) is 16.9. The average Bonchev–Trinajstić information content (AvgIpc) is 2.22. The number of hydrogen-bond donors (Lipinski definition) is 0. The van der Waals surface area contributed by atoms with Crippen molar-refractivity contribution < 1.29 is 51.1 Å². The predicted molar refractivity (Wildman–Crippen MR) is 72.7 cm³/mol. The van der Waals surface area contributed by atoms with Crippen molar-refractivity contribution in [3.8, 4) is 0 Å². The molecule has 0 N–H and O–H groups in total. The first-order valence-corrected chi connectivity index (χ1v) is 18.8. The summed E-state index contributed by atoms with van der Waals surface area (Å²) >= 11 is -7.67. The van der Waals surface area contributed by atoms with E-state index >= 15 is 0 Å². The van der Waals surface area contributed by atoms with Crippen molar-refractivity contribution >= 4 is 19.6 Å². The van der Waals surface area contributed by atoms with Crippen LogP contribution in [0.2, 0.25) is 0 Å². The van der Waals surface area contributed by atoms with Crippen LogP contribution in [0.5, 0.6) is 0 Å². The van der Waals surface area contributed by atoms with Crippen LogP contribution < -0.4 is 0 Å². The van der Waals surface area contributed by atoms with Gasteiger partial charge in [-0.2, -0.15) is 0 Å². The first-order chi connectivity index (χ1) is 9.31. The van der Waals surface area contributed by atoms with E-state index in [1.165, 1.54) is 6.08 Å². The average molecular weight is 477 g/mol. The van der Waals surface area contributed by atoms with Crippen LogP contribution in [0, 0.1) is 0 Å². The fourth-order valence-corrected chi connectivity index (χ4v) is 24.8. The van der Waals surface area contributed by atoms with E-state index in [-0.39, 0.29) is 12.8 Å². The molecule has 0 aromatic carbocycles.